The summed E-state index contributed by atoms with van der Waals surface area (Å²) in [6.07, 6.45) is -0.122. The molecule has 3 heteroatoms. The van der Waals surface area contributed by atoms with Crippen molar-refractivity contribution in [2.24, 2.45) is 5.73 Å². The summed E-state index contributed by atoms with van der Waals surface area (Å²) in [7, 11) is 0. The summed E-state index contributed by atoms with van der Waals surface area (Å²) in [5, 5.41) is 0. The van der Waals surface area contributed by atoms with E-state index in [1.165, 1.54) is 16.7 Å². The molecular weight excluding hydrogens is 314 g/mol. The highest BCUT2D eigenvalue weighted by Gasteiger charge is 2.14. The summed E-state index contributed by atoms with van der Waals surface area (Å²) in [6, 6.07) is 12.3. The SMILES string of the molecule is Cc1cc(C)c(C)c(OC(CN)c2ccc(Br)cc2)c1. The number of hydrogen-bond donors (Lipinski definition) is 1. The monoisotopic (exact) mass is 333 g/mol. The van der Waals surface area contributed by atoms with E-state index < -0.39 is 0 Å². The number of aryl methyl sites for hydroxylation is 2. The molecular formula is C17H20BrNO. The van der Waals surface area contributed by atoms with Crippen LogP contribution in [0.1, 0.15) is 28.4 Å². The minimum atomic E-state index is -0.122. The zero-order valence-electron chi connectivity index (χ0n) is 12.1. The summed E-state index contributed by atoms with van der Waals surface area (Å²) in [6.45, 7) is 6.72. The average molecular weight is 334 g/mol. The number of benzene rings is 2. The van der Waals surface area contributed by atoms with Crippen LogP contribution in [-0.4, -0.2) is 6.54 Å². The Hall–Kier alpha value is -1.32. The molecule has 0 saturated carbocycles. The fourth-order valence-corrected chi connectivity index (χ4v) is 2.47. The molecule has 0 fully saturated rings. The number of nitrogens with two attached hydrogens (primary N) is 1. The highest BCUT2D eigenvalue weighted by molar-refractivity contribution is 9.10. The van der Waals surface area contributed by atoms with Gasteiger partial charge in [-0.1, -0.05) is 34.1 Å². The first kappa shape index (κ1) is 15.1. The lowest BCUT2D eigenvalue weighted by atomic mass is 10.0. The lowest BCUT2D eigenvalue weighted by Crippen LogP contribution is -2.19. The Morgan fingerprint density at radius 2 is 1.75 bits per heavy atom. The Bertz CT molecular complexity index is 593. The van der Waals surface area contributed by atoms with Crippen LogP contribution in [0.4, 0.5) is 0 Å². The Morgan fingerprint density at radius 1 is 1.10 bits per heavy atom. The van der Waals surface area contributed by atoms with Crippen LogP contribution < -0.4 is 10.5 Å². The van der Waals surface area contributed by atoms with E-state index in [1.807, 2.05) is 24.3 Å². The Balaban J connectivity index is 2.29. The molecule has 106 valence electrons. The first-order valence-electron chi connectivity index (χ1n) is 6.71. The zero-order valence-corrected chi connectivity index (χ0v) is 13.7. The molecule has 0 heterocycles. The molecule has 0 aliphatic heterocycles. The van der Waals surface area contributed by atoms with E-state index in [4.69, 9.17) is 10.5 Å². The summed E-state index contributed by atoms with van der Waals surface area (Å²) in [5.74, 6) is 0.917. The highest BCUT2D eigenvalue weighted by Crippen LogP contribution is 2.28. The zero-order chi connectivity index (χ0) is 14.7. The third-order valence-corrected chi connectivity index (χ3v) is 4.02. The van der Waals surface area contributed by atoms with Gasteiger partial charge >= 0.3 is 0 Å². The first-order chi connectivity index (χ1) is 9.51. The van der Waals surface area contributed by atoms with Gasteiger partial charge in [0, 0.05) is 11.0 Å². The lowest BCUT2D eigenvalue weighted by Gasteiger charge is -2.20. The maximum Gasteiger partial charge on any atom is 0.136 e. The maximum atomic E-state index is 6.14. The van der Waals surface area contributed by atoms with Crippen molar-refractivity contribution >= 4 is 15.9 Å². The van der Waals surface area contributed by atoms with Crippen molar-refractivity contribution in [2.45, 2.75) is 26.9 Å². The van der Waals surface area contributed by atoms with E-state index in [2.05, 4.69) is 48.8 Å². The molecule has 2 N–H and O–H groups in total. The third kappa shape index (κ3) is 3.41. The van der Waals surface area contributed by atoms with Crippen LogP contribution in [0.25, 0.3) is 0 Å². The van der Waals surface area contributed by atoms with Crippen molar-refractivity contribution < 1.29 is 4.74 Å². The fraction of sp³-hybridized carbons (Fsp3) is 0.294. The van der Waals surface area contributed by atoms with Crippen molar-refractivity contribution in [3.05, 3.63) is 63.1 Å². The Labute approximate surface area is 129 Å². The lowest BCUT2D eigenvalue weighted by molar-refractivity contribution is 0.212. The van der Waals surface area contributed by atoms with Crippen molar-refractivity contribution in [3.63, 3.8) is 0 Å². The van der Waals surface area contributed by atoms with Gasteiger partial charge in [-0.05, 0) is 61.2 Å². The molecule has 0 aromatic heterocycles. The van der Waals surface area contributed by atoms with Gasteiger partial charge in [0.05, 0.1) is 0 Å². The van der Waals surface area contributed by atoms with Gasteiger partial charge in [0.15, 0.2) is 0 Å². The van der Waals surface area contributed by atoms with Gasteiger partial charge in [0.2, 0.25) is 0 Å². The second-order valence-corrected chi connectivity index (χ2v) is 6.01. The molecule has 0 bridgehead atoms. The van der Waals surface area contributed by atoms with Crippen molar-refractivity contribution in [2.75, 3.05) is 6.54 Å². The van der Waals surface area contributed by atoms with Crippen LogP contribution in [0, 0.1) is 20.8 Å². The molecule has 2 aromatic rings. The molecule has 0 radical (unpaired) electrons. The molecule has 0 amide bonds. The summed E-state index contributed by atoms with van der Waals surface area (Å²) >= 11 is 3.44. The molecule has 1 unspecified atom stereocenters. The molecule has 2 aromatic carbocycles. The standard InChI is InChI=1S/C17H20BrNO/c1-11-8-12(2)13(3)16(9-11)20-17(10-19)14-4-6-15(18)7-5-14/h4-9,17H,10,19H2,1-3H3. The molecule has 2 nitrogen and oxygen atoms in total. The number of ether oxygens (including phenoxy) is 1. The highest BCUT2D eigenvalue weighted by atomic mass is 79.9. The van der Waals surface area contributed by atoms with Gasteiger partial charge in [-0.15, -0.1) is 0 Å². The largest absolute Gasteiger partial charge is 0.484 e. The second-order valence-electron chi connectivity index (χ2n) is 5.10. The van der Waals surface area contributed by atoms with Crippen LogP contribution in [0.2, 0.25) is 0 Å². The van der Waals surface area contributed by atoms with Crippen LogP contribution >= 0.6 is 15.9 Å². The van der Waals surface area contributed by atoms with Crippen LogP contribution in [0.5, 0.6) is 5.75 Å². The third-order valence-electron chi connectivity index (χ3n) is 3.49. The van der Waals surface area contributed by atoms with Crippen molar-refractivity contribution in [1.29, 1.82) is 0 Å². The summed E-state index contributed by atoms with van der Waals surface area (Å²) in [4.78, 5) is 0. The molecule has 1 atom stereocenters. The summed E-state index contributed by atoms with van der Waals surface area (Å²) < 4.78 is 7.20. The normalized spacial score (nSPS) is 12.2. The van der Waals surface area contributed by atoms with E-state index in [-0.39, 0.29) is 6.10 Å². The Morgan fingerprint density at radius 3 is 2.35 bits per heavy atom. The van der Waals surface area contributed by atoms with Gasteiger partial charge in [-0.25, -0.2) is 0 Å². The van der Waals surface area contributed by atoms with E-state index in [0.29, 0.717) is 6.54 Å². The predicted molar refractivity (Wildman–Crippen MR) is 87.2 cm³/mol. The van der Waals surface area contributed by atoms with Crippen molar-refractivity contribution in [1.82, 2.24) is 0 Å². The summed E-state index contributed by atoms with van der Waals surface area (Å²) in [5.41, 5.74) is 10.6. The van der Waals surface area contributed by atoms with Crippen LogP contribution in [0.3, 0.4) is 0 Å². The van der Waals surface area contributed by atoms with Gasteiger partial charge < -0.3 is 10.5 Å². The van der Waals surface area contributed by atoms with Gasteiger partial charge in [0.25, 0.3) is 0 Å². The van der Waals surface area contributed by atoms with E-state index in [9.17, 15) is 0 Å². The van der Waals surface area contributed by atoms with E-state index in [1.54, 1.807) is 0 Å². The van der Waals surface area contributed by atoms with E-state index >= 15 is 0 Å². The number of halogens is 1. The number of hydrogen-bond acceptors (Lipinski definition) is 2. The minimum Gasteiger partial charge on any atom is -0.484 e. The van der Waals surface area contributed by atoms with Gasteiger partial charge in [-0.3, -0.25) is 0 Å². The molecule has 0 spiro atoms. The maximum absolute atomic E-state index is 6.14. The average Bonchev–Trinajstić information content (AvgIpc) is 2.42. The topological polar surface area (TPSA) is 35.2 Å². The molecule has 2 rings (SSSR count). The van der Waals surface area contributed by atoms with Crippen molar-refractivity contribution in [3.8, 4) is 5.75 Å². The van der Waals surface area contributed by atoms with Gasteiger partial charge in [-0.2, -0.15) is 0 Å². The fourth-order valence-electron chi connectivity index (χ4n) is 2.21. The first-order valence-corrected chi connectivity index (χ1v) is 7.50. The number of rotatable bonds is 4. The quantitative estimate of drug-likeness (QED) is 0.896. The molecule has 0 aliphatic carbocycles. The second kappa shape index (κ2) is 6.42. The molecule has 0 saturated heterocycles. The van der Waals surface area contributed by atoms with Crippen LogP contribution in [-0.2, 0) is 0 Å². The smallest absolute Gasteiger partial charge is 0.136 e. The Kier molecular flexibility index (Phi) is 4.84. The molecule has 0 aliphatic rings. The minimum absolute atomic E-state index is 0.122. The molecule has 20 heavy (non-hydrogen) atoms. The van der Waals surface area contributed by atoms with Gasteiger partial charge in [0.1, 0.15) is 11.9 Å². The van der Waals surface area contributed by atoms with E-state index in [0.717, 1.165) is 15.8 Å². The predicted octanol–water partition coefficient (Wildman–Crippen LogP) is 4.45. The van der Waals surface area contributed by atoms with Crippen LogP contribution in [0.15, 0.2) is 40.9 Å².